The van der Waals surface area contributed by atoms with Gasteiger partial charge in [-0.25, -0.2) is 5.43 Å². The van der Waals surface area contributed by atoms with Gasteiger partial charge in [0.05, 0.1) is 6.04 Å². The molecule has 2 aromatic rings. The van der Waals surface area contributed by atoms with E-state index in [0.717, 1.165) is 43.2 Å². The summed E-state index contributed by atoms with van der Waals surface area (Å²) in [6.45, 7) is 2.90. The Balaban J connectivity index is 1.42. The molecule has 0 bridgehead atoms. The van der Waals surface area contributed by atoms with Crippen LogP contribution in [0, 0.1) is 5.92 Å². The van der Waals surface area contributed by atoms with Crippen LogP contribution >= 0.6 is 0 Å². The molecule has 0 saturated carbocycles. The minimum Gasteiger partial charge on any atom is -0.457 e. The summed E-state index contributed by atoms with van der Waals surface area (Å²) >= 11 is 0. The van der Waals surface area contributed by atoms with E-state index in [-0.39, 0.29) is 0 Å². The summed E-state index contributed by atoms with van der Waals surface area (Å²) in [4.78, 5) is 12.6. The third kappa shape index (κ3) is 3.12. The number of para-hydroxylation sites is 1. The lowest BCUT2D eigenvalue weighted by atomic mass is 9.90. The Morgan fingerprint density at radius 2 is 1.79 bits per heavy atom. The summed E-state index contributed by atoms with van der Waals surface area (Å²) in [7, 11) is 0. The van der Waals surface area contributed by atoms with Gasteiger partial charge < -0.3 is 21.1 Å². The molecule has 2 unspecified atom stereocenters. The van der Waals surface area contributed by atoms with E-state index in [1.54, 1.807) is 0 Å². The number of carbonyl (C=O) groups excluding carboxylic acids is 1. The lowest BCUT2D eigenvalue weighted by Gasteiger charge is -2.45. The van der Waals surface area contributed by atoms with Crippen molar-refractivity contribution in [3.05, 3.63) is 72.1 Å². The average molecular weight is 391 g/mol. The highest BCUT2D eigenvalue weighted by Gasteiger charge is 2.48. The van der Waals surface area contributed by atoms with E-state index in [2.05, 4.69) is 21.1 Å². The van der Waals surface area contributed by atoms with Gasteiger partial charge in [0.1, 0.15) is 17.3 Å². The first-order valence-corrected chi connectivity index (χ1v) is 10.0. The van der Waals surface area contributed by atoms with Crippen LogP contribution < -0.4 is 26.5 Å². The van der Waals surface area contributed by atoms with E-state index in [9.17, 15) is 4.79 Å². The number of amides is 1. The molecule has 29 heavy (non-hydrogen) atoms. The second kappa shape index (κ2) is 7.09. The van der Waals surface area contributed by atoms with E-state index in [4.69, 9.17) is 10.5 Å². The molecule has 5 rings (SSSR count). The highest BCUT2D eigenvalue weighted by Crippen LogP contribution is 2.36. The molecule has 0 aliphatic carbocycles. The van der Waals surface area contributed by atoms with Gasteiger partial charge in [0, 0.05) is 25.6 Å². The smallest absolute Gasteiger partial charge is 0.248 e. The summed E-state index contributed by atoms with van der Waals surface area (Å²) in [5, 5.41) is 8.85. The Hall–Kier alpha value is -3.03. The minimum atomic E-state index is -1.08. The lowest BCUT2D eigenvalue weighted by molar-refractivity contribution is -0.124. The van der Waals surface area contributed by atoms with E-state index in [0.29, 0.717) is 17.7 Å². The van der Waals surface area contributed by atoms with Gasteiger partial charge in [-0.15, -0.1) is 0 Å². The second-order valence-corrected chi connectivity index (χ2v) is 7.82. The third-order valence-electron chi connectivity index (χ3n) is 6.02. The fourth-order valence-corrected chi connectivity index (χ4v) is 4.29. The number of nitrogens with zero attached hydrogens (tertiary/aromatic N) is 1. The van der Waals surface area contributed by atoms with Crippen LogP contribution in [0.4, 0.5) is 0 Å². The largest absolute Gasteiger partial charge is 0.457 e. The molecule has 7 heteroatoms. The molecule has 5 N–H and O–H groups in total. The molecule has 3 heterocycles. The van der Waals surface area contributed by atoms with Crippen molar-refractivity contribution in [3.8, 4) is 11.5 Å². The predicted molar refractivity (Wildman–Crippen MR) is 110 cm³/mol. The molecule has 2 fully saturated rings. The number of rotatable bonds is 5. The van der Waals surface area contributed by atoms with Gasteiger partial charge in [-0.3, -0.25) is 9.80 Å². The average Bonchev–Trinajstić information content (AvgIpc) is 3.10. The summed E-state index contributed by atoms with van der Waals surface area (Å²) < 4.78 is 5.87. The number of primary amides is 1. The quantitative estimate of drug-likeness (QED) is 0.616. The first kappa shape index (κ1) is 18.0. The lowest BCUT2D eigenvalue weighted by Crippen LogP contribution is -2.63. The standard InChI is InChI=1S/C22H25N5O2/c23-21(28)22(12-20-25-11-10-19(27(20)26-22)15-13-24-14-15)16-6-8-18(9-7-16)29-17-4-2-1-3-5-17/h1-9,12,15,19,24-26H,10-11,13-14H2,(H2,23,28). The maximum absolute atomic E-state index is 12.6. The number of carbonyl (C=O) groups is 1. The molecule has 150 valence electrons. The van der Waals surface area contributed by atoms with Gasteiger partial charge in [-0.1, -0.05) is 30.3 Å². The van der Waals surface area contributed by atoms with Crippen LogP contribution in [-0.4, -0.2) is 36.6 Å². The molecule has 1 amide bonds. The van der Waals surface area contributed by atoms with Gasteiger partial charge in [0.25, 0.3) is 0 Å². The van der Waals surface area contributed by atoms with Crippen molar-refractivity contribution < 1.29 is 9.53 Å². The summed E-state index contributed by atoms with van der Waals surface area (Å²) in [5.74, 6) is 2.54. The molecule has 0 spiro atoms. The number of hydrogen-bond acceptors (Lipinski definition) is 6. The Labute approximate surface area is 169 Å². The summed E-state index contributed by atoms with van der Waals surface area (Å²) in [6.07, 6.45) is 2.94. The molecular formula is C22H25N5O2. The number of hydrazine groups is 1. The minimum absolute atomic E-state index is 0.339. The zero-order valence-electron chi connectivity index (χ0n) is 16.1. The van der Waals surface area contributed by atoms with Crippen molar-refractivity contribution in [2.45, 2.75) is 18.0 Å². The SMILES string of the molecule is NC(=O)C1(c2ccc(Oc3ccccc3)cc2)C=C2NCCC(C3CNC3)N2N1. The van der Waals surface area contributed by atoms with Crippen molar-refractivity contribution in [2.24, 2.45) is 11.7 Å². The third-order valence-corrected chi connectivity index (χ3v) is 6.02. The van der Waals surface area contributed by atoms with Crippen molar-refractivity contribution >= 4 is 5.91 Å². The normalized spacial score (nSPS) is 26.1. The molecule has 2 atom stereocenters. The van der Waals surface area contributed by atoms with Crippen LogP contribution in [0.3, 0.4) is 0 Å². The van der Waals surface area contributed by atoms with Crippen molar-refractivity contribution in [3.63, 3.8) is 0 Å². The van der Waals surface area contributed by atoms with Crippen molar-refractivity contribution in [1.29, 1.82) is 0 Å². The molecule has 3 aliphatic rings. The number of hydrogen-bond donors (Lipinski definition) is 4. The fraction of sp³-hybridized carbons (Fsp3) is 0.318. The van der Waals surface area contributed by atoms with E-state index >= 15 is 0 Å². The monoisotopic (exact) mass is 391 g/mol. The predicted octanol–water partition coefficient (Wildman–Crippen LogP) is 1.40. The van der Waals surface area contributed by atoms with E-state index in [1.165, 1.54) is 0 Å². The molecule has 3 aliphatic heterocycles. The number of ether oxygens (including phenoxy) is 1. The zero-order chi connectivity index (χ0) is 19.8. The van der Waals surface area contributed by atoms with Gasteiger partial charge in [0.2, 0.25) is 5.91 Å². The molecule has 0 aromatic heterocycles. The number of fused-ring (bicyclic) bond motifs is 1. The first-order valence-electron chi connectivity index (χ1n) is 10.0. The number of nitrogens with two attached hydrogens (primary N) is 1. The van der Waals surface area contributed by atoms with Gasteiger partial charge in [-0.2, -0.15) is 0 Å². The van der Waals surface area contributed by atoms with E-state index in [1.807, 2.05) is 60.7 Å². The van der Waals surface area contributed by atoms with Gasteiger partial charge in [0.15, 0.2) is 5.54 Å². The molecular weight excluding hydrogens is 366 g/mol. The van der Waals surface area contributed by atoms with Gasteiger partial charge >= 0.3 is 0 Å². The maximum Gasteiger partial charge on any atom is 0.248 e. The topological polar surface area (TPSA) is 91.7 Å². The highest BCUT2D eigenvalue weighted by atomic mass is 16.5. The van der Waals surface area contributed by atoms with Crippen LogP contribution in [0.5, 0.6) is 11.5 Å². The van der Waals surface area contributed by atoms with Crippen LogP contribution in [0.15, 0.2) is 66.5 Å². The maximum atomic E-state index is 12.6. The van der Waals surface area contributed by atoms with Crippen LogP contribution in [-0.2, 0) is 10.3 Å². The molecule has 2 aromatic carbocycles. The van der Waals surface area contributed by atoms with Crippen LogP contribution in [0.1, 0.15) is 12.0 Å². The van der Waals surface area contributed by atoms with E-state index < -0.39 is 11.4 Å². The number of benzene rings is 2. The molecule has 0 radical (unpaired) electrons. The van der Waals surface area contributed by atoms with Gasteiger partial charge in [-0.05, 0) is 42.3 Å². The summed E-state index contributed by atoms with van der Waals surface area (Å²) in [6, 6.07) is 17.5. The fourth-order valence-electron chi connectivity index (χ4n) is 4.29. The second-order valence-electron chi connectivity index (χ2n) is 7.82. The molecule has 2 saturated heterocycles. The zero-order valence-corrected chi connectivity index (χ0v) is 16.1. The Bertz CT molecular complexity index is 926. The Kier molecular flexibility index (Phi) is 4.41. The first-order chi connectivity index (χ1) is 14.2. The Morgan fingerprint density at radius 3 is 2.45 bits per heavy atom. The molecule has 7 nitrogen and oxygen atoms in total. The highest BCUT2D eigenvalue weighted by molar-refractivity contribution is 5.89. The van der Waals surface area contributed by atoms with Crippen molar-refractivity contribution in [2.75, 3.05) is 19.6 Å². The number of nitrogens with one attached hydrogen (secondary N) is 3. The van der Waals surface area contributed by atoms with Crippen LogP contribution in [0.25, 0.3) is 0 Å². The van der Waals surface area contributed by atoms with Crippen LogP contribution in [0.2, 0.25) is 0 Å². The van der Waals surface area contributed by atoms with Crippen molar-refractivity contribution in [1.82, 2.24) is 21.1 Å². The Morgan fingerprint density at radius 1 is 1.07 bits per heavy atom. The summed E-state index contributed by atoms with van der Waals surface area (Å²) in [5.41, 5.74) is 9.05.